The maximum Gasteiger partial charge on any atom is 0.332 e. The summed E-state index contributed by atoms with van der Waals surface area (Å²) in [6.45, 7) is 25.5. The Labute approximate surface area is 403 Å². The average Bonchev–Trinajstić information content (AvgIpc) is 3.14. The van der Waals surface area contributed by atoms with Crippen LogP contribution in [0.3, 0.4) is 0 Å². The number of halogens is 1. The molecule has 0 saturated heterocycles. The molecule has 1 rings (SSSR count). The van der Waals surface area contributed by atoms with Crippen LogP contribution < -0.4 is 10.6 Å². The fourth-order valence-electron chi connectivity index (χ4n) is 6.34. The molecule has 0 aliphatic rings. The molecule has 17 nitrogen and oxygen atoms in total. The molecule has 2 N–H and O–H groups in total. The van der Waals surface area contributed by atoms with Crippen LogP contribution in [0.1, 0.15) is 185 Å². The highest BCUT2D eigenvalue weighted by atomic mass is 31.2. The van der Waals surface area contributed by atoms with Crippen molar-refractivity contribution >= 4 is 49.1 Å². The van der Waals surface area contributed by atoms with E-state index in [9.17, 15) is 42.5 Å². The van der Waals surface area contributed by atoms with Gasteiger partial charge in [-0.1, -0.05) is 6.42 Å². The van der Waals surface area contributed by atoms with Gasteiger partial charge in [0.25, 0.3) is 5.91 Å². The number of pyridine rings is 1. The molecular formula is C49H81FN3O14P. The first-order chi connectivity index (χ1) is 30.9. The number of Topliss-reactive ketones (excluding diaryl/α,β-unsaturated/α-hetero) is 1. The molecule has 19 heteroatoms. The number of unbranched alkanes of at least 4 members (excludes halogenated alkanes) is 2. The van der Waals surface area contributed by atoms with Crippen LogP contribution in [0.25, 0.3) is 0 Å². The smallest absolute Gasteiger partial charge is 0.332 e. The van der Waals surface area contributed by atoms with Gasteiger partial charge in [-0.25, -0.2) is 9.78 Å². The number of carbonyl (C=O) groups excluding carboxylic acids is 7. The van der Waals surface area contributed by atoms with Crippen LogP contribution in [0, 0.1) is 17.8 Å². The lowest BCUT2D eigenvalue weighted by Crippen LogP contribution is -2.44. The van der Waals surface area contributed by atoms with Crippen LogP contribution in [-0.4, -0.2) is 99.8 Å². The van der Waals surface area contributed by atoms with Crippen LogP contribution in [0.2, 0.25) is 0 Å². The van der Waals surface area contributed by atoms with Crippen LogP contribution in [0.5, 0.6) is 0 Å². The number of hydrogen-bond acceptors (Lipinski definition) is 15. The number of aromatic nitrogens is 1. The molecule has 68 heavy (non-hydrogen) atoms. The van der Waals surface area contributed by atoms with Crippen molar-refractivity contribution in [3.63, 3.8) is 0 Å². The number of rotatable bonds is 27. The van der Waals surface area contributed by atoms with E-state index in [4.69, 9.17) is 28.0 Å². The molecule has 0 spiro atoms. The molecule has 0 bridgehead atoms. The van der Waals surface area contributed by atoms with Crippen molar-refractivity contribution in [1.82, 2.24) is 15.6 Å². The van der Waals surface area contributed by atoms with Crippen LogP contribution in [-0.2, 0) is 61.3 Å². The van der Waals surface area contributed by atoms with E-state index in [1.165, 1.54) is 6.07 Å². The van der Waals surface area contributed by atoms with E-state index >= 15 is 0 Å². The fraction of sp³-hybridized carbons (Fsp3) is 0.755. The third-order valence-electron chi connectivity index (χ3n) is 9.01. The molecule has 2 amide bonds. The Hall–Kier alpha value is -4.28. The summed E-state index contributed by atoms with van der Waals surface area (Å²) in [7, 11) is -4.10. The highest BCUT2D eigenvalue weighted by Gasteiger charge is 2.39. The first-order valence-electron chi connectivity index (χ1n) is 23.5. The monoisotopic (exact) mass is 985 g/mol. The van der Waals surface area contributed by atoms with E-state index in [2.05, 4.69) is 15.6 Å². The van der Waals surface area contributed by atoms with Gasteiger partial charge in [-0.15, -0.1) is 0 Å². The highest BCUT2D eigenvalue weighted by molar-refractivity contribution is 7.53. The van der Waals surface area contributed by atoms with Crippen LogP contribution >= 0.6 is 7.60 Å². The summed E-state index contributed by atoms with van der Waals surface area (Å²) >= 11 is 0. The van der Waals surface area contributed by atoms with Gasteiger partial charge in [0.1, 0.15) is 34.2 Å². The maximum absolute atomic E-state index is 14.5. The second-order valence-corrected chi connectivity index (χ2v) is 24.0. The Morgan fingerprint density at radius 2 is 1.18 bits per heavy atom. The summed E-state index contributed by atoms with van der Waals surface area (Å²) in [4.78, 5) is 95.1. The van der Waals surface area contributed by atoms with Gasteiger partial charge >= 0.3 is 31.5 Å². The number of hydrogen-bond donors (Lipinski definition) is 2. The Morgan fingerprint density at radius 1 is 0.632 bits per heavy atom. The number of amides is 2. The molecule has 1 aromatic rings. The van der Waals surface area contributed by atoms with Crippen molar-refractivity contribution in [3.8, 4) is 0 Å². The lowest BCUT2D eigenvalue weighted by atomic mass is 9.94. The van der Waals surface area contributed by atoms with E-state index in [1.807, 2.05) is 0 Å². The van der Waals surface area contributed by atoms with E-state index in [0.717, 1.165) is 12.3 Å². The van der Waals surface area contributed by atoms with Crippen LogP contribution in [0.15, 0.2) is 18.3 Å². The van der Waals surface area contributed by atoms with Gasteiger partial charge in [0, 0.05) is 38.4 Å². The average molecular weight is 985 g/mol. The van der Waals surface area contributed by atoms with Crippen molar-refractivity contribution in [3.05, 3.63) is 29.8 Å². The Morgan fingerprint density at radius 3 is 1.71 bits per heavy atom. The molecule has 1 unspecified atom stereocenters. The summed E-state index contributed by atoms with van der Waals surface area (Å²) in [5, 5.41) is 5.42. The SMILES string of the molecule is CC(C)(C)OC(=O)CC[C@H](CP(=O)(OCCC[C@H](NC(=O)CC[C@H](CC(=O)CCCCCNC(=O)c1ccc([18F])nc1)C(=O)OC(C)(C)C)C(=O)OC(C)(C)C)OC(C)(C)C)C(=O)OC(C)(C)C. The van der Waals surface area contributed by atoms with Crippen molar-refractivity contribution in [2.75, 3.05) is 19.3 Å². The first kappa shape index (κ1) is 61.7. The van der Waals surface area contributed by atoms with Gasteiger partial charge in [0.05, 0.1) is 35.8 Å². The maximum atomic E-state index is 14.5. The molecule has 0 saturated carbocycles. The van der Waals surface area contributed by atoms with Crippen LogP contribution in [0.4, 0.5) is 4.39 Å². The highest BCUT2D eigenvalue weighted by Crippen LogP contribution is 2.54. The molecule has 1 heterocycles. The molecule has 0 fully saturated rings. The molecule has 0 aromatic carbocycles. The Balaban J connectivity index is 3.07. The standard InChI is InChI=1S/C49H81FN3O14P/c1-45(2,3)63-40(56)27-24-35(43(59)65-47(7,8)9)32-68(61,67-49(13,14)15)62-29-19-21-37(44(60)66-48(10,11)12)53-39(55)26-23-33(42(58)64-46(4,5)6)30-36(54)20-17-16-18-28-51-41(57)34-22-25-38(50)52-31-34/h22,25,31,33,35,37H,16-21,23-24,26-30,32H2,1-15H3,(H,51,57)(H,53,55)/t33-,35-,37+,68?/m1/s1/i50-1. The van der Waals surface area contributed by atoms with Crippen molar-refractivity contribution in [2.24, 2.45) is 11.8 Å². The fourth-order valence-corrected chi connectivity index (χ4v) is 8.69. The normalized spacial score (nSPS) is 14.6. The molecule has 1 aromatic heterocycles. The summed E-state index contributed by atoms with van der Waals surface area (Å²) < 4.78 is 61.7. The Bertz CT molecular complexity index is 1870. The number of carbonyl (C=O) groups is 7. The van der Waals surface area contributed by atoms with E-state index in [1.54, 1.807) is 104 Å². The third kappa shape index (κ3) is 29.6. The molecule has 0 radical (unpaired) electrons. The number of nitrogens with one attached hydrogen (secondary N) is 2. The molecular weight excluding hydrogens is 904 g/mol. The van der Waals surface area contributed by atoms with Gasteiger partial charge < -0.3 is 38.6 Å². The van der Waals surface area contributed by atoms with Crippen molar-refractivity contribution < 1.29 is 70.5 Å². The molecule has 4 atom stereocenters. The van der Waals surface area contributed by atoms with E-state index in [-0.39, 0.29) is 69.3 Å². The zero-order valence-electron chi connectivity index (χ0n) is 43.4. The topological polar surface area (TPSA) is 229 Å². The van der Waals surface area contributed by atoms with Gasteiger partial charge in [-0.05, 0) is 155 Å². The van der Waals surface area contributed by atoms with Gasteiger partial charge in [0.15, 0.2) is 0 Å². The number of ether oxygens (including phenoxy) is 4. The minimum Gasteiger partial charge on any atom is -0.460 e. The van der Waals surface area contributed by atoms with Crippen molar-refractivity contribution in [1.29, 1.82) is 0 Å². The number of esters is 4. The predicted molar refractivity (Wildman–Crippen MR) is 254 cm³/mol. The lowest BCUT2D eigenvalue weighted by molar-refractivity contribution is -0.162. The summed E-state index contributed by atoms with van der Waals surface area (Å²) in [6.07, 6.45) is 1.94. The summed E-state index contributed by atoms with van der Waals surface area (Å²) in [6, 6.07) is 1.24. The zero-order chi connectivity index (χ0) is 52.3. The van der Waals surface area contributed by atoms with Crippen molar-refractivity contribution in [2.45, 2.75) is 209 Å². The predicted octanol–water partition coefficient (Wildman–Crippen LogP) is 8.92. The Kier molecular flexibility index (Phi) is 24.7. The first-order valence-corrected chi connectivity index (χ1v) is 25.2. The lowest BCUT2D eigenvalue weighted by Gasteiger charge is -2.30. The van der Waals surface area contributed by atoms with E-state index < -0.39 is 101 Å². The van der Waals surface area contributed by atoms with Gasteiger partial charge in [0.2, 0.25) is 11.9 Å². The second kappa shape index (κ2) is 27.2. The van der Waals surface area contributed by atoms with Gasteiger partial charge in [-0.3, -0.25) is 33.3 Å². The summed E-state index contributed by atoms with van der Waals surface area (Å²) in [5.41, 5.74) is -4.18. The molecule has 388 valence electrons. The minimum atomic E-state index is -4.10. The third-order valence-corrected chi connectivity index (χ3v) is 11.3. The number of ketones is 1. The minimum absolute atomic E-state index is 0.0224. The molecule has 0 aliphatic carbocycles. The van der Waals surface area contributed by atoms with Gasteiger partial charge in [-0.2, -0.15) is 4.39 Å². The number of nitrogens with zero attached hydrogens (tertiary/aromatic N) is 1. The molecule has 0 aliphatic heterocycles. The quantitative estimate of drug-likeness (QED) is 0.0276. The zero-order valence-corrected chi connectivity index (χ0v) is 44.2. The second-order valence-electron chi connectivity index (χ2n) is 21.9. The largest absolute Gasteiger partial charge is 0.460 e. The summed E-state index contributed by atoms with van der Waals surface area (Å²) in [5.74, 6) is -6.51. The van der Waals surface area contributed by atoms with E-state index in [0.29, 0.717) is 25.8 Å².